The Labute approximate surface area is 295 Å². The van der Waals surface area contributed by atoms with Crippen molar-refractivity contribution < 1.29 is 23.1 Å². The number of benzene rings is 1. The lowest BCUT2D eigenvalue weighted by Crippen LogP contribution is -2.68. The van der Waals surface area contributed by atoms with Crippen LogP contribution in [-0.2, 0) is 14.6 Å². The quantitative estimate of drug-likeness (QED) is 0.314. The maximum absolute atomic E-state index is 13.3. The molecule has 1 saturated heterocycles. The molecule has 270 valence electrons. The van der Waals surface area contributed by atoms with E-state index in [1.165, 1.54) is 37.7 Å². The van der Waals surface area contributed by atoms with Gasteiger partial charge < -0.3 is 15.3 Å². The molecule has 0 unspecified atom stereocenters. The highest BCUT2D eigenvalue weighted by Gasteiger charge is 2.70. The Morgan fingerprint density at radius 2 is 1.57 bits per heavy atom. The summed E-state index contributed by atoms with van der Waals surface area (Å²) in [6, 6.07) is 7.51. The van der Waals surface area contributed by atoms with Crippen molar-refractivity contribution in [3.05, 3.63) is 41.5 Å². The molecule has 0 amide bonds. The number of allylic oxidation sites excluding steroid dienone is 2. The van der Waals surface area contributed by atoms with Crippen LogP contribution >= 0.6 is 0 Å². The molecule has 5 aliphatic carbocycles. The fourth-order valence-corrected chi connectivity index (χ4v) is 15.0. The smallest absolute Gasteiger partial charge is 0.335 e. The van der Waals surface area contributed by atoms with Crippen molar-refractivity contribution in [1.29, 1.82) is 0 Å². The van der Waals surface area contributed by atoms with Crippen molar-refractivity contribution in [3.63, 3.8) is 0 Å². The lowest BCUT2D eigenvalue weighted by molar-refractivity contribution is -0.220. The number of hydrogen-bond acceptors (Lipinski definition) is 6. The van der Waals surface area contributed by atoms with Gasteiger partial charge in [-0.3, -0.25) is 4.79 Å². The van der Waals surface area contributed by atoms with E-state index < -0.39 is 15.8 Å². The molecule has 4 saturated carbocycles. The van der Waals surface area contributed by atoms with Crippen LogP contribution in [0.15, 0.2) is 30.3 Å². The van der Waals surface area contributed by atoms with E-state index in [4.69, 9.17) is 0 Å². The van der Waals surface area contributed by atoms with Crippen molar-refractivity contribution >= 4 is 27.2 Å². The van der Waals surface area contributed by atoms with E-state index in [-0.39, 0.29) is 44.6 Å². The molecule has 49 heavy (non-hydrogen) atoms. The molecule has 7 nitrogen and oxygen atoms in total. The van der Waals surface area contributed by atoms with Gasteiger partial charge >= 0.3 is 5.97 Å². The van der Waals surface area contributed by atoms with E-state index in [9.17, 15) is 23.1 Å². The standard InChI is InChI=1S/C41H60N2O5S/c1-27(44)30-13-18-41(42-21-22-43-23-25-49(47,48)26-24-43)20-19-39(5)32(35(30)41)11-12-34-38(4)16-14-31(28-7-9-29(10-8-28)36(45)46)37(2,3)33(38)15-17-40(34,39)6/h7-10,14,30,32-35,42H,11-13,15-26H2,1-6H3,(H,45,46)/t30-,32+,33-,34+,35+,38-,39+,40+,41-/m0/s1. The molecular weight excluding hydrogens is 633 g/mol. The van der Waals surface area contributed by atoms with Crippen molar-refractivity contribution in [2.75, 3.05) is 37.7 Å². The number of carboxylic acids is 1. The zero-order valence-corrected chi connectivity index (χ0v) is 31.6. The second-order valence-electron chi connectivity index (χ2n) is 18.5. The summed E-state index contributed by atoms with van der Waals surface area (Å²) in [7, 11) is -2.89. The zero-order chi connectivity index (χ0) is 35.2. The number of carbonyl (C=O) groups is 2. The van der Waals surface area contributed by atoms with Crippen LogP contribution in [-0.4, -0.2) is 73.4 Å². The molecule has 2 N–H and O–H groups in total. The lowest BCUT2D eigenvalue weighted by Gasteiger charge is -2.72. The third kappa shape index (κ3) is 5.43. The first kappa shape index (κ1) is 35.4. The van der Waals surface area contributed by atoms with E-state index >= 15 is 0 Å². The van der Waals surface area contributed by atoms with Gasteiger partial charge in [0.05, 0.1) is 17.1 Å². The van der Waals surface area contributed by atoms with Crippen LogP contribution < -0.4 is 5.32 Å². The summed E-state index contributed by atoms with van der Waals surface area (Å²) in [6.07, 6.45) is 12.7. The van der Waals surface area contributed by atoms with Crippen LogP contribution in [0.5, 0.6) is 0 Å². The number of ketones is 1. The number of nitrogens with zero attached hydrogens (tertiary/aromatic N) is 1. The van der Waals surface area contributed by atoms with Crippen LogP contribution in [0.4, 0.5) is 0 Å². The van der Waals surface area contributed by atoms with Gasteiger partial charge in [-0.1, -0.05) is 52.8 Å². The second-order valence-corrected chi connectivity index (χ2v) is 20.8. The van der Waals surface area contributed by atoms with Crippen molar-refractivity contribution in [1.82, 2.24) is 10.2 Å². The van der Waals surface area contributed by atoms with Crippen LogP contribution in [0.2, 0.25) is 0 Å². The molecule has 5 fully saturated rings. The Morgan fingerprint density at radius 3 is 2.22 bits per heavy atom. The fourth-order valence-electron chi connectivity index (χ4n) is 13.7. The minimum atomic E-state index is -2.89. The van der Waals surface area contributed by atoms with Gasteiger partial charge in [0, 0.05) is 37.6 Å². The van der Waals surface area contributed by atoms with E-state index in [0.29, 0.717) is 48.1 Å². The number of sulfone groups is 1. The van der Waals surface area contributed by atoms with E-state index in [2.05, 4.69) is 50.9 Å². The van der Waals surface area contributed by atoms with E-state index in [1.54, 1.807) is 12.1 Å². The number of aromatic carboxylic acids is 1. The number of nitrogens with one attached hydrogen (secondary N) is 1. The molecule has 1 aromatic carbocycles. The molecule has 1 aliphatic heterocycles. The summed E-state index contributed by atoms with van der Waals surface area (Å²) in [5, 5.41) is 13.6. The highest BCUT2D eigenvalue weighted by molar-refractivity contribution is 7.91. The minimum Gasteiger partial charge on any atom is -0.478 e. The number of carbonyl (C=O) groups excluding carboxylic acids is 1. The summed E-state index contributed by atoms with van der Waals surface area (Å²) < 4.78 is 24.0. The third-order valence-corrected chi connectivity index (χ3v) is 17.9. The van der Waals surface area contributed by atoms with Gasteiger partial charge in [-0.25, -0.2) is 13.2 Å². The number of fused-ring (bicyclic) bond motifs is 7. The summed E-state index contributed by atoms with van der Waals surface area (Å²) >= 11 is 0. The maximum atomic E-state index is 13.3. The van der Waals surface area contributed by atoms with Gasteiger partial charge in [0.15, 0.2) is 9.84 Å². The summed E-state index contributed by atoms with van der Waals surface area (Å²) in [6.45, 7) is 17.5. The molecule has 1 aromatic rings. The first-order chi connectivity index (χ1) is 23.0. The molecule has 0 aromatic heterocycles. The van der Waals surface area contributed by atoms with Crippen LogP contribution in [0.25, 0.3) is 5.57 Å². The zero-order valence-electron chi connectivity index (χ0n) is 30.8. The molecule has 0 bridgehead atoms. The van der Waals surface area contributed by atoms with E-state index in [0.717, 1.165) is 44.3 Å². The first-order valence-corrected chi connectivity index (χ1v) is 21.0. The number of rotatable bonds is 7. The highest BCUT2D eigenvalue weighted by atomic mass is 32.2. The molecular formula is C41H60N2O5S. The van der Waals surface area contributed by atoms with Crippen molar-refractivity contribution in [2.45, 2.75) is 105 Å². The molecule has 8 heteroatoms. The Morgan fingerprint density at radius 1 is 0.878 bits per heavy atom. The molecule has 9 atom stereocenters. The average molecular weight is 693 g/mol. The van der Waals surface area contributed by atoms with Gasteiger partial charge in [-0.05, 0) is 133 Å². The largest absolute Gasteiger partial charge is 0.478 e. The van der Waals surface area contributed by atoms with Gasteiger partial charge in [0.1, 0.15) is 5.78 Å². The number of carboxylic acid groups (broad SMARTS) is 1. The van der Waals surface area contributed by atoms with Gasteiger partial charge in [-0.2, -0.15) is 0 Å². The Bertz CT molecular complexity index is 1620. The van der Waals surface area contributed by atoms with Crippen molar-refractivity contribution in [2.24, 2.45) is 51.2 Å². The Hall–Kier alpha value is -2.03. The molecule has 0 radical (unpaired) electrons. The number of Topliss-reactive ketones (excluding diaryl/α,β-unsaturated/α-hetero) is 1. The Balaban J connectivity index is 1.15. The molecule has 7 rings (SSSR count). The predicted molar refractivity (Wildman–Crippen MR) is 195 cm³/mol. The van der Waals surface area contributed by atoms with Crippen molar-refractivity contribution in [3.8, 4) is 0 Å². The molecule has 0 spiro atoms. The Kier molecular flexibility index (Phi) is 8.67. The van der Waals surface area contributed by atoms with E-state index in [1.807, 2.05) is 19.1 Å². The summed E-state index contributed by atoms with van der Waals surface area (Å²) in [5.41, 5.74) is 3.37. The average Bonchev–Trinajstić information content (AvgIpc) is 3.42. The number of hydrogen-bond donors (Lipinski definition) is 2. The van der Waals surface area contributed by atoms with Gasteiger partial charge in [0.2, 0.25) is 0 Å². The summed E-state index contributed by atoms with van der Waals surface area (Å²) in [5.74, 6) is 2.16. The minimum absolute atomic E-state index is 0.00661. The molecule has 6 aliphatic rings. The topological polar surface area (TPSA) is 104 Å². The van der Waals surface area contributed by atoms with Crippen LogP contribution in [0.3, 0.4) is 0 Å². The first-order valence-electron chi connectivity index (χ1n) is 19.2. The monoisotopic (exact) mass is 692 g/mol. The van der Waals surface area contributed by atoms with Gasteiger partial charge in [0.25, 0.3) is 0 Å². The second kappa shape index (κ2) is 12.0. The predicted octanol–water partition coefficient (Wildman–Crippen LogP) is 7.12. The summed E-state index contributed by atoms with van der Waals surface area (Å²) in [4.78, 5) is 27.2. The normalized spacial score (nSPS) is 42.6. The van der Waals surface area contributed by atoms with Crippen LogP contribution in [0, 0.1) is 51.2 Å². The van der Waals surface area contributed by atoms with Crippen LogP contribution in [0.1, 0.15) is 115 Å². The highest BCUT2D eigenvalue weighted by Crippen LogP contribution is 2.76. The van der Waals surface area contributed by atoms with Gasteiger partial charge in [-0.15, -0.1) is 0 Å². The lowest BCUT2D eigenvalue weighted by atomic mass is 9.33. The third-order valence-electron chi connectivity index (χ3n) is 16.3. The maximum Gasteiger partial charge on any atom is 0.335 e. The molecule has 1 heterocycles. The fraction of sp³-hybridized carbons (Fsp3) is 0.756. The SMILES string of the molecule is CC(=O)[C@@H]1CC[C@]2(NCCN3CCS(=O)(=O)CC3)CC[C@]3(C)[C@H](CC[C@@H]4[C@@]5(C)CC=C(c6ccc(C(=O)O)cc6)C(C)(C)[C@@H]5CC[C@]43C)[C@@H]12.